The summed E-state index contributed by atoms with van der Waals surface area (Å²) in [5, 5.41) is 10.2. The van der Waals surface area contributed by atoms with E-state index in [0.717, 1.165) is 49.1 Å². The second-order valence-electron chi connectivity index (χ2n) is 8.14. The molecule has 0 unspecified atom stereocenters. The number of nitrogens with one attached hydrogen (secondary N) is 2. The van der Waals surface area contributed by atoms with E-state index in [4.69, 9.17) is 0 Å². The third-order valence-corrected chi connectivity index (χ3v) is 5.82. The fourth-order valence-electron chi connectivity index (χ4n) is 4.28. The molecule has 3 N–H and O–H groups in total. The SMILES string of the molecule is CCc1c(-c2ccc3[nH]c(CN4CCCC4)cc3c2)[nH]c(=O)c(C(=O)O)c1OC(=O)C(F)(F)F. The maximum Gasteiger partial charge on any atom is 0.491 e. The lowest BCUT2D eigenvalue weighted by Gasteiger charge is -2.16. The zero-order valence-electron chi connectivity index (χ0n) is 18.2. The van der Waals surface area contributed by atoms with E-state index in [-0.39, 0.29) is 17.7 Å². The van der Waals surface area contributed by atoms with Crippen LogP contribution in [0.15, 0.2) is 29.1 Å². The summed E-state index contributed by atoms with van der Waals surface area (Å²) in [6, 6.07) is 7.11. The first-order chi connectivity index (χ1) is 16.1. The summed E-state index contributed by atoms with van der Waals surface area (Å²) in [6.07, 6.45) is -3.05. The highest BCUT2D eigenvalue weighted by Gasteiger charge is 2.43. The van der Waals surface area contributed by atoms with Crippen molar-refractivity contribution in [1.29, 1.82) is 0 Å². The lowest BCUT2D eigenvalue weighted by molar-refractivity contribution is -0.189. The van der Waals surface area contributed by atoms with Crippen LogP contribution in [0.1, 0.15) is 41.4 Å². The Balaban J connectivity index is 1.80. The van der Waals surface area contributed by atoms with Crippen LogP contribution >= 0.6 is 0 Å². The number of H-pyrrole nitrogens is 2. The van der Waals surface area contributed by atoms with Gasteiger partial charge in [0.2, 0.25) is 0 Å². The summed E-state index contributed by atoms with van der Waals surface area (Å²) in [6.45, 7) is 4.36. The molecule has 1 aromatic carbocycles. The molecule has 0 amide bonds. The van der Waals surface area contributed by atoms with Gasteiger partial charge in [-0.05, 0) is 56.1 Å². The van der Waals surface area contributed by atoms with Gasteiger partial charge >= 0.3 is 18.1 Å². The van der Waals surface area contributed by atoms with Crippen LogP contribution in [0.3, 0.4) is 0 Å². The fraction of sp³-hybridized carbons (Fsp3) is 0.348. The summed E-state index contributed by atoms with van der Waals surface area (Å²) in [4.78, 5) is 43.7. The number of alkyl halides is 3. The molecule has 0 aliphatic carbocycles. The number of fused-ring (bicyclic) bond motifs is 1. The predicted molar refractivity (Wildman–Crippen MR) is 117 cm³/mol. The Labute approximate surface area is 191 Å². The molecular formula is C23H22F3N3O5. The maximum absolute atomic E-state index is 12.8. The Morgan fingerprint density at radius 1 is 1.15 bits per heavy atom. The number of hydrogen-bond acceptors (Lipinski definition) is 5. The zero-order chi connectivity index (χ0) is 24.6. The molecule has 0 bridgehead atoms. The van der Waals surface area contributed by atoms with Crippen LogP contribution in [0.4, 0.5) is 13.2 Å². The van der Waals surface area contributed by atoms with E-state index in [2.05, 4.69) is 19.6 Å². The van der Waals surface area contributed by atoms with Crippen LogP contribution in [0, 0.1) is 0 Å². The van der Waals surface area contributed by atoms with Crippen molar-refractivity contribution in [2.45, 2.75) is 38.9 Å². The second-order valence-corrected chi connectivity index (χ2v) is 8.14. The van der Waals surface area contributed by atoms with Gasteiger partial charge in [0.15, 0.2) is 11.3 Å². The van der Waals surface area contributed by atoms with Gasteiger partial charge in [0.25, 0.3) is 5.56 Å². The molecule has 1 aliphatic heterocycles. The number of rotatable bonds is 6. The van der Waals surface area contributed by atoms with Gasteiger partial charge in [-0.1, -0.05) is 13.0 Å². The Hall–Kier alpha value is -3.60. The van der Waals surface area contributed by atoms with E-state index < -0.39 is 35.0 Å². The molecule has 1 saturated heterocycles. The number of ether oxygens (including phenoxy) is 1. The second kappa shape index (κ2) is 8.98. The molecule has 0 radical (unpaired) electrons. The van der Waals surface area contributed by atoms with Gasteiger partial charge in [0.05, 0.1) is 5.69 Å². The first-order valence-electron chi connectivity index (χ1n) is 10.7. The lowest BCUT2D eigenvalue weighted by atomic mass is 9.99. The standard InChI is InChI=1S/C23H22F3N3O5/c1-2-15-18(28-20(30)17(21(31)32)19(15)34-22(33)23(24,25)26)12-5-6-16-13(9-12)10-14(27-16)11-29-7-3-4-8-29/h5-6,9-10,27H,2-4,7-8,11H2,1H3,(H,28,30)(H,31,32). The number of carbonyl (C=O) groups is 2. The molecular weight excluding hydrogens is 455 g/mol. The zero-order valence-corrected chi connectivity index (χ0v) is 18.2. The quantitative estimate of drug-likeness (QED) is 0.465. The largest absolute Gasteiger partial charge is 0.491 e. The van der Waals surface area contributed by atoms with Gasteiger partial charge in [-0.25, -0.2) is 9.59 Å². The minimum absolute atomic E-state index is 0.00174. The van der Waals surface area contributed by atoms with E-state index in [1.54, 1.807) is 25.1 Å². The van der Waals surface area contributed by atoms with Crippen molar-refractivity contribution >= 4 is 22.8 Å². The number of esters is 1. The summed E-state index contributed by atoms with van der Waals surface area (Å²) < 4.78 is 42.9. The third-order valence-electron chi connectivity index (χ3n) is 5.82. The Morgan fingerprint density at radius 3 is 2.47 bits per heavy atom. The molecule has 11 heteroatoms. The van der Waals surface area contributed by atoms with Crippen molar-refractivity contribution in [2.75, 3.05) is 13.1 Å². The summed E-state index contributed by atoms with van der Waals surface area (Å²) in [5.74, 6) is -5.31. The topological polar surface area (TPSA) is 115 Å². The van der Waals surface area contributed by atoms with Gasteiger partial charge in [-0.15, -0.1) is 0 Å². The van der Waals surface area contributed by atoms with Crippen LogP contribution in [0.5, 0.6) is 5.75 Å². The molecule has 4 rings (SSSR count). The van der Waals surface area contributed by atoms with Crippen molar-refractivity contribution in [1.82, 2.24) is 14.9 Å². The molecule has 2 aromatic heterocycles. The van der Waals surface area contributed by atoms with Crippen LogP contribution < -0.4 is 10.3 Å². The molecule has 180 valence electrons. The molecule has 3 heterocycles. The molecule has 1 aliphatic rings. The minimum atomic E-state index is -5.36. The van der Waals surface area contributed by atoms with Crippen molar-refractivity contribution in [3.8, 4) is 17.0 Å². The first-order valence-corrected chi connectivity index (χ1v) is 10.7. The van der Waals surface area contributed by atoms with Gasteiger partial charge in [-0.2, -0.15) is 13.2 Å². The van der Waals surface area contributed by atoms with E-state index in [1.807, 2.05) is 6.07 Å². The number of nitrogens with zero attached hydrogens (tertiary/aromatic N) is 1. The number of aromatic nitrogens is 2. The van der Waals surface area contributed by atoms with Crippen molar-refractivity contribution in [2.24, 2.45) is 0 Å². The normalized spacial score (nSPS) is 14.6. The molecule has 0 spiro atoms. The van der Waals surface area contributed by atoms with Crippen LogP contribution in [-0.4, -0.2) is 51.2 Å². The number of carboxylic acid groups (broad SMARTS) is 1. The van der Waals surface area contributed by atoms with E-state index >= 15 is 0 Å². The molecule has 34 heavy (non-hydrogen) atoms. The van der Waals surface area contributed by atoms with Gasteiger partial charge in [0, 0.05) is 28.7 Å². The highest BCUT2D eigenvalue weighted by atomic mass is 19.4. The monoisotopic (exact) mass is 477 g/mol. The van der Waals surface area contributed by atoms with Crippen LogP contribution in [-0.2, 0) is 17.8 Å². The summed E-state index contributed by atoms with van der Waals surface area (Å²) in [5.41, 5.74) is 0.105. The van der Waals surface area contributed by atoms with Gasteiger partial charge in [0.1, 0.15) is 0 Å². The number of hydrogen-bond donors (Lipinski definition) is 3. The molecule has 0 saturated carbocycles. The lowest BCUT2D eigenvalue weighted by Crippen LogP contribution is -2.31. The maximum atomic E-state index is 12.8. The Morgan fingerprint density at radius 2 is 1.85 bits per heavy atom. The first kappa shape index (κ1) is 23.6. The van der Waals surface area contributed by atoms with E-state index in [9.17, 15) is 32.7 Å². The smallest absolute Gasteiger partial charge is 0.477 e. The highest BCUT2D eigenvalue weighted by Crippen LogP contribution is 2.34. The summed E-state index contributed by atoms with van der Waals surface area (Å²) in [7, 11) is 0. The van der Waals surface area contributed by atoms with E-state index in [0.29, 0.717) is 5.56 Å². The molecule has 0 atom stereocenters. The Bertz CT molecular complexity index is 1320. The average Bonchev–Trinajstić information content (AvgIpc) is 3.41. The van der Waals surface area contributed by atoms with Gasteiger partial charge in [-0.3, -0.25) is 9.69 Å². The number of benzene rings is 1. The molecule has 1 fully saturated rings. The molecule has 8 nitrogen and oxygen atoms in total. The van der Waals surface area contributed by atoms with Crippen molar-refractivity contribution in [3.05, 3.63) is 51.4 Å². The number of halogens is 3. The molecule has 3 aromatic rings. The number of aromatic carboxylic acids is 1. The Kier molecular flexibility index (Phi) is 6.22. The number of carboxylic acids is 1. The fourth-order valence-corrected chi connectivity index (χ4v) is 4.28. The number of likely N-dealkylation sites (tertiary alicyclic amines) is 1. The highest BCUT2D eigenvalue weighted by molar-refractivity contribution is 5.94. The van der Waals surface area contributed by atoms with E-state index in [1.165, 1.54) is 0 Å². The van der Waals surface area contributed by atoms with Crippen LogP contribution in [0.2, 0.25) is 0 Å². The van der Waals surface area contributed by atoms with Crippen LogP contribution in [0.25, 0.3) is 22.2 Å². The summed E-state index contributed by atoms with van der Waals surface area (Å²) >= 11 is 0. The number of carbonyl (C=O) groups excluding carboxylic acids is 1. The predicted octanol–water partition coefficient (Wildman–Crippen LogP) is 3.85. The van der Waals surface area contributed by atoms with Gasteiger partial charge < -0.3 is 19.8 Å². The van der Waals surface area contributed by atoms with Crippen molar-refractivity contribution < 1.29 is 32.6 Å². The third kappa shape index (κ3) is 4.56. The average molecular weight is 477 g/mol. The number of aromatic amines is 2. The number of pyridine rings is 1. The van der Waals surface area contributed by atoms with Crippen molar-refractivity contribution in [3.63, 3.8) is 0 Å². The minimum Gasteiger partial charge on any atom is -0.477 e.